The first-order valence-corrected chi connectivity index (χ1v) is 4.28. The molecule has 0 radical (unpaired) electrons. The SMILES string of the molecule is CC(C)C1=[C]([Mo])CC=C1.[H-]. The summed E-state index contributed by atoms with van der Waals surface area (Å²) in [5.41, 5.74) is 1.54. The van der Waals surface area contributed by atoms with E-state index in [0.717, 1.165) is 0 Å². The maximum Gasteiger partial charge on any atom is -1.00 e. The largest absolute Gasteiger partial charge is 1.00 e. The maximum absolute atomic E-state index is 2.25. The summed E-state index contributed by atoms with van der Waals surface area (Å²) in [5, 5.41) is 0. The summed E-state index contributed by atoms with van der Waals surface area (Å²) < 4.78 is 1.56. The van der Waals surface area contributed by atoms with Gasteiger partial charge in [0.05, 0.1) is 0 Å². The molecule has 0 aromatic rings. The van der Waals surface area contributed by atoms with E-state index in [-0.39, 0.29) is 1.43 Å². The molecule has 1 aliphatic carbocycles. The third-order valence-corrected chi connectivity index (χ3v) is 2.53. The molecule has 0 bridgehead atoms. The van der Waals surface area contributed by atoms with Crippen LogP contribution in [0.15, 0.2) is 21.7 Å². The van der Waals surface area contributed by atoms with Gasteiger partial charge in [-0.3, -0.25) is 0 Å². The van der Waals surface area contributed by atoms with Crippen molar-refractivity contribution < 1.29 is 21.2 Å². The number of hydrogen-bond donors (Lipinski definition) is 0. The summed E-state index contributed by atoms with van der Waals surface area (Å²) in [7, 11) is 0. The van der Waals surface area contributed by atoms with Crippen LogP contribution in [0.4, 0.5) is 0 Å². The van der Waals surface area contributed by atoms with Crippen molar-refractivity contribution in [2.45, 2.75) is 20.3 Å². The van der Waals surface area contributed by atoms with Gasteiger partial charge >= 0.3 is 67.7 Å². The molecule has 0 atom stereocenters. The third-order valence-electron chi connectivity index (χ3n) is 1.54. The van der Waals surface area contributed by atoms with Crippen molar-refractivity contribution in [2.75, 3.05) is 0 Å². The van der Waals surface area contributed by atoms with E-state index in [4.69, 9.17) is 0 Å². The second-order valence-electron chi connectivity index (χ2n) is 2.64. The van der Waals surface area contributed by atoms with E-state index in [0.29, 0.717) is 5.92 Å². The Morgan fingerprint density at radius 3 is 2.56 bits per heavy atom. The molecule has 0 fully saturated rings. The van der Waals surface area contributed by atoms with E-state index in [1.54, 1.807) is 9.54 Å². The third kappa shape index (κ3) is 1.55. The van der Waals surface area contributed by atoms with Crippen molar-refractivity contribution in [2.24, 2.45) is 5.92 Å². The van der Waals surface area contributed by atoms with Gasteiger partial charge in [0.2, 0.25) is 0 Å². The summed E-state index contributed by atoms with van der Waals surface area (Å²) in [4.78, 5) is 0. The van der Waals surface area contributed by atoms with Crippen molar-refractivity contribution in [1.29, 1.82) is 0 Å². The van der Waals surface area contributed by atoms with Crippen molar-refractivity contribution in [3.8, 4) is 0 Å². The van der Waals surface area contributed by atoms with Gasteiger partial charge in [-0.15, -0.1) is 0 Å². The Morgan fingerprint density at radius 1 is 1.67 bits per heavy atom. The van der Waals surface area contributed by atoms with E-state index in [9.17, 15) is 0 Å². The molecule has 1 aliphatic rings. The fourth-order valence-corrected chi connectivity index (χ4v) is 2.00. The molecule has 0 saturated carbocycles. The summed E-state index contributed by atoms with van der Waals surface area (Å²) in [6.07, 6.45) is 5.67. The van der Waals surface area contributed by atoms with E-state index < -0.39 is 0 Å². The molecule has 0 unspecified atom stereocenters. The van der Waals surface area contributed by atoms with Crippen LogP contribution in [0.3, 0.4) is 0 Å². The Kier molecular flexibility index (Phi) is 2.29. The summed E-state index contributed by atoms with van der Waals surface area (Å²) >= 11 is 2.15. The molecule has 1 heteroatoms. The zero-order valence-electron chi connectivity index (χ0n) is 6.85. The van der Waals surface area contributed by atoms with Crippen molar-refractivity contribution in [1.82, 2.24) is 0 Å². The molecule has 0 spiro atoms. The van der Waals surface area contributed by atoms with Gasteiger partial charge in [-0.05, 0) is 0 Å². The summed E-state index contributed by atoms with van der Waals surface area (Å²) in [6, 6.07) is 0. The molecule has 0 saturated heterocycles. The second kappa shape index (κ2) is 2.83. The van der Waals surface area contributed by atoms with Crippen LogP contribution in [0.1, 0.15) is 21.7 Å². The van der Waals surface area contributed by atoms with Crippen LogP contribution in [0, 0.1) is 5.92 Å². The van der Waals surface area contributed by atoms with Crippen molar-refractivity contribution in [3.05, 3.63) is 21.7 Å². The van der Waals surface area contributed by atoms with Gasteiger partial charge in [0.15, 0.2) is 0 Å². The van der Waals surface area contributed by atoms with E-state index in [1.807, 2.05) is 0 Å². The molecular formula is C8H12Mo-. The Labute approximate surface area is 69.4 Å². The van der Waals surface area contributed by atoms with Gasteiger partial charge in [-0.25, -0.2) is 0 Å². The van der Waals surface area contributed by atoms with Crippen molar-refractivity contribution >= 4 is 0 Å². The van der Waals surface area contributed by atoms with Gasteiger partial charge in [0.25, 0.3) is 0 Å². The van der Waals surface area contributed by atoms with Crippen LogP contribution in [-0.2, 0) is 19.8 Å². The van der Waals surface area contributed by atoms with E-state index in [2.05, 4.69) is 45.8 Å². The first kappa shape index (κ1) is 7.28. The minimum Gasteiger partial charge on any atom is -1.00 e. The van der Waals surface area contributed by atoms with Gasteiger partial charge in [0.1, 0.15) is 0 Å². The van der Waals surface area contributed by atoms with Gasteiger partial charge in [0, 0.05) is 0 Å². The molecule has 0 N–H and O–H groups in total. The van der Waals surface area contributed by atoms with Crippen LogP contribution in [-0.4, -0.2) is 0 Å². The van der Waals surface area contributed by atoms with Crippen LogP contribution >= 0.6 is 0 Å². The summed E-state index contributed by atoms with van der Waals surface area (Å²) in [6.45, 7) is 4.49. The van der Waals surface area contributed by atoms with Gasteiger partial charge in [-0.1, -0.05) is 0 Å². The number of hydrogen-bond acceptors (Lipinski definition) is 0. The smallest absolute Gasteiger partial charge is 1.00 e. The van der Waals surface area contributed by atoms with E-state index >= 15 is 0 Å². The predicted molar refractivity (Wildman–Crippen MR) is 36.7 cm³/mol. The average Bonchev–Trinajstić information content (AvgIpc) is 2.13. The fraction of sp³-hybridized carbons (Fsp3) is 0.500. The molecule has 9 heavy (non-hydrogen) atoms. The summed E-state index contributed by atoms with van der Waals surface area (Å²) in [5.74, 6) is 0.714. The minimum absolute atomic E-state index is 0. The zero-order chi connectivity index (χ0) is 6.85. The molecule has 0 aromatic heterocycles. The minimum atomic E-state index is 0. The molecule has 0 heterocycles. The molecular weight excluding hydrogens is 192 g/mol. The fourth-order valence-electron chi connectivity index (χ4n) is 1.02. The number of rotatable bonds is 1. The first-order valence-electron chi connectivity index (χ1n) is 3.28. The van der Waals surface area contributed by atoms with Crippen LogP contribution in [0.5, 0.6) is 0 Å². The van der Waals surface area contributed by atoms with Crippen molar-refractivity contribution in [3.63, 3.8) is 0 Å². The predicted octanol–water partition coefficient (Wildman–Crippen LogP) is 2.52. The average molecular weight is 204 g/mol. The Hall–Kier alpha value is 0.168. The molecule has 0 amide bonds. The first-order chi connectivity index (χ1) is 4.22. The molecule has 1 rings (SSSR count). The molecule has 0 aromatic carbocycles. The van der Waals surface area contributed by atoms with E-state index in [1.165, 1.54) is 6.42 Å². The second-order valence-corrected chi connectivity index (χ2v) is 3.85. The topological polar surface area (TPSA) is 0 Å². The maximum atomic E-state index is 2.25. The van der Waals surface area contributed by atoms with Crippen LogP contribution in [0.25, 0.3) is 0 Å². The normalized spacial score (nSPS) is 18.1. The van der Waals surface area contributed by atoms with Crippen LogP contribution < -0.4 is 0 Å². The monoisotopic (exact) mass is 206 g/mol. The number of allylic oxidation sites excluding steroid dienone is 4. The Morgan fingerprint density at radius 2 is 2.33 bits per heavy atom. The Balaban J connectivity index is 0.000000810. The quantitative estimate of drug-likeness (QED) is 0.575. The standard InChI is InChI=1S/C8H11.Mo.H/c1-7(2)8-5-3-4-6-8;;/h3,5,7H,4H2,1-2H3;;/q;;-1. The molecule has 0 aliphatic heterocycles. The molecule has 51 valence electrons. The Bertz CT molecular complexity index is 168. The van der Waals surface area contributed by atoms with Gasteiger partial charge < -0.3 is 1.43 Å². The van der Waals surface area contributed by atoms with Crippen LogP contribution in [0.2, 0.25) is 0 Å². The molecule has 0 nitrogen and oxygen atoms in total. The zero-order valence-corrected chi connectivity index (χ0v) is 7.85. The van der Waals surface area contributed by atoms with Gasteiger partial charge in [-0.2, -0.15) is 0 Å².